The maximum Gasteiger partial charge on any atom is 0.350 e. The molecule has 0 spiro atoms. The molecule has 42 heteroatoms. The third kappa shape index (κ3) is 23.0. The quantitative estimate of drug-likeness (QED) is 0.00866. The van der Waals surface area contributed by atoms with Crippen LogP contribution in [0.1, 0.15) is 258 Å². The number of esters is 6. The third-order valence-electron chi connectivity index (χ3n) is 21.4. The molecule has 0 unspecified atom stereocenters. The first kappa shape index (κ1) is 107. The first-order valence-corrected chi connectivity index (χ1v) is 43.6. The van der Waals surface area contributed by atoms with Gasteiger partial charge in [0.25, 0.3) is 0 Å². The number of unbranched alkanes of at least 4 members (excludes halogenated alkanes) is 18. The number of carbonyl (C=O) groups excluding carboxylic acids is 6. The van der Waals surface area contributed by atoms with Gasteiger partial charge in [-0.1, -0.05) is 163 Å². The molecule has 0 bridgehead atoms. The molecular formula is C96H84F24O18. The summed E-state index contributed by atoms with van der Waals surface area (Å²) in [5.74, 6) is -104. The minimum absolute atomic E-state index is 0.0311. The van der Waals surface area contributed by atoms with Gasteiger partial charge in [-0.05, 0) is 95.8 Å². The van der Waals surface area contributed by atoms with Crippen LogP contribution in [-0.2, 0) is 0 Å². The monoisotopic (exact) mass is 1980 g/mol. The number of halogens is 24. The van der Waals surface area contributed by atoms with E-state index in [9.17, 15) is 19.2 Å². The summed E-state index contributed by atoms with van der Waals surface area (Å²) in [6, 6.07) is 1.26. The van der Waals surface area contributed by atoms with Crippen LogP contribution in [0.4, 0.5) is 105 Å². The minimum atomic E-state index is -3.01. The summed E-state index contributed by atoms with van der Waals surface area (Å²) in [6.07, 6.45) is 7.63. The van der Waals surface area contributed by atoms with E-state index >= 15 is 115 Å². The van der Waals surface area contributed by atoms with Crippen molar-refractivity contribution in [1.29, 1.82) is 0 Å². The maximum absolute atomic E-state index is 17.0. The Morgan fingerprint density at radius 3 is 0.630 bits per heavy atom. The highest BCUT2D eigenvalue weighted by Crippen LogP contribution is 2.54. The molecule has 0 radical (unpaired) electrons. The zero-order valence-electron chi connectivity index (χ0n) is 74.1. The Morgan fingerprint density at radius 1 is 0.188 bits per heavy atom. The second-order valence-electron chi connectivity index (χ2n) is 31.1. The van der Waals surface area contributed by atoms with E-state index in [1.54, 1.807) is 41.5 Å². The molecule has 744 valence electrons. The van der Waals surface area contributed by atoms with Crippen molar-refractivity contribution in [3.8, 4) is 69.0 Å². The predicted octanol–water partition coefficient (Wildman–Crippen LogP) is 27.6. The van der Waals surface area contributed by atoms with Gasteiger partial charge in [0, 0.05) is 5.39 Å². The summed E-state index contributed by atoms with van der Waals surface area (Å²) in [7, 11) is 0. The van der Waals surface area contributed by atoms with Crippen molar-refractivity contribution in [1.82, 2.24) is 0 Å². The van der Waals surface area contributed by atoms with E-state index in [1.807, 2.05) is 0 Å². The largest absolute Gasteiger partial charge is 0.487 e. The van der Waals surface area contributed by atoms with Crippen molar-refractivity contribution in [2.45, 2.75) is 196 Å². The molecular weight excluding hydrogens is 1900 g/mol. The second-order valence-corrected chi connectivity index (χ2v) is 31.1. The van der Waals surface area contributed by atoms with E-state index in [-0.39, 0.29) is 82.4 Å². The number of benzene rings is 10. The van der Waals surface area contributed by atoms with E-state index in [4.69, 9.17) is 56.8 Å². The lowest BCUT2D eigenvalue weighted by molar-refractivity contribution is 0.0644. The Labute approximate surface area is 769 Å². The van der Waals surface area contributed by atoms with Crippen LogP contribution in [0.5, 0.6) is 69.0 Å². The zero-order chi connectivity index (χ0) is 101. The van der Waals surface area contributed by atoms with Crippen LogP contribution < -0.4 is 56.8 Å². The third-order valence-corrected chi connectivity index (χ3v) is 21.4. The molecule has 0 saturated heterocycles. The van der Waals surface area contributed by atoms with Gasteiger partial charge in [0.1, 0.15) is 39.1 Å². The lowest BCUT2D eigenvalue weighted by atomic mass is 9.92. The van der Waals surface area contributed by atoms with Crippen LogP contribution in [0.3, 0.4) is 0 Å². The summed E-state index contributed by atoms with van der Waals surface area (Å²) in [5.41, 5.74) is -15.1. The standard InChI is InChI=1S/C96H84F24O18/c1-7-13-19-25-33-127-85-71(109)59(97)53(60(98)72(85)110)91(121)133-43-31-32-44-45(39-43)46-40-49(134-92(122)54-61(99)73(111)86(74(112)62(54)100)128-34-26-20-14-8-2)50(135-93(123)55-63(101)75(113)87(76(114)64(55)102)129-35-27-21-15-9-3)41-48(46)52-47(44)42-51(136-94(124)56-65(103)77(115)88(78(116)66(56)104)130-36-28-22-16-10-4)83(137-95(125)57-67(105)79(117)89(80(118)68(57)106)131-37-29-23-17-11-5)84(52)138-96(126)58-69(107)81(119)90(82(120)70(58)108)132-38-30-24-18-12-6/h31-32,39-42H,7-30,33-38H2,1-6H3. The smallest absolute Gasteiger partial charge is 0.350 e. The molecule has 0 aliphatic rings. The van der Waals surface area contributed by atoms with Gasteiger partial charge in [0.2, 0.25) is 75.6 Å². The molecule has 138 heavy (non-hydrogen) atoms. The fraction of sp³-hybridized carbons (Fsp3) is 0.375. The normalized spacial score (nSPS) is 11.4. The van der Waals surface area contributed by atoms with Crippen LogP contribution in [0.2, 0.25) is 0 Å². The van der Waals surface area contributed by atoms with Crippen molar-refractivity contribution in [2.24, 2.45) is 0 Å². The molecule has 0 aliphatic carbocycles. The Balaban J connectivity index is 1.39. The molecule has 0 amide bonds. The van der Waals surface area contributed by atoms with Gasteiger partial charge >= 0.3 is 35.8 Å². The highest BCUT2D eigenvalue weighted by atomic mass is 19.2. The molecule has 10 aromatic carbocycles. The molecule has 18 nitrogen and oxygen atoms in total. The van der Waals surface area contributed by atoms with Crippen molar-refractivity contribution in [3.05, 3.63) is 209 Å². The van der Waals surface area contributed by atoms with E-state index in [0.29, 0.717) is 108 Å². The minimum Gasteiger partial charge on any atom is -0.487 e. The number of ether oxygens (including phenoxy) is 12. The summed E-state index contributed by atoms with van der Waals surface area (Å²) in [6.45, 7) is 6.29. The van der Waals surface area contributed by atoms with Crippen LogP contribution >= 0.6 is 0 Å². The number of fused-ring (bicyclic) bond motifs is 6. The van der Waals surface area contributed by atoms with E-state index in [0.717, 1.165) is 0 Å². The lowest BCUT2D eigenvalue weighted by Gasteiger charge is -2.22. The summed E-state index contributed by atoms with van der Waals surface area (Å²) >= 11 is 0. The van der Waals surface area contributed by atoms with E-state index < -0.39 is 350 Å². The molecule has 0 saturated carbocycles. The number of rotatable bonds is 48. The average Bonchev–Trinajstić information content (AvgIpc) is 0.711. The van der Waals surface area contributed by atoms with Gasteiger partial charge in [-0.15, -0.1) is 0 Å². The van der Waals surface area contributed by atoms with Gasteiger partial charge in [-0.3, -0.25) is 0 Å². The van der Waals surface area contributed by atoms with Gasteiger partial charge in [0.15, 0.2) is 127 Å². The van der Waals surface area contributed by atoms with Gasteiger partial charge in [-0.2, -0.15) is 52.7 Å². The van der Waals surface area contributed by atoms with Crippen molar-refractivity contribution < 1.29 is 191 Å². The zero-order valence-corrected chi connectivity index (χ0v) is 74.1. The number of carbonyl (C=O) groups is 6. The maximum atomic E-state index is 17.0. The molecule has 0 atom stereocenters. The number of hydrogen-bond acceptors (Lipinski definition) is 18. The fourth-order valence-electron chi connectivity index (χ4n) is 14.2. The molecule has 0 fully saturated rings. The van der Waals surface area contributed by atoms with E-state index in [1.165, 1.54) is 0 Å². The first-order chi connectivity index (χ1) is 65.8. The molecule has 10 rings (SSSR count). The molecule has 0 aromatic heterocycles. The topological polar surface area (TPSA) is 213 Å². The van der Waals surface area contributed by atoms with Crippen molar-refractivity contribution in [3.63, 3.8) is 0 Å². The SMILES string of the molecule is CCCCCCOc1c(F)c(F)c(C(=O)Oc2ccc3c(c2)c2cc(OC(=O)c4c(F)c(F)c(OCCCCCC)c(F)c4F)c(OC(=O)c4c(F)c(F)c(OCCCCCC)c(F)c4F)cc2c2c(OC(=O)c4c(F)c(F)c(OCCCCCC)c(F)c4F)c(OC(=O)c4c(F)c(F)c(OCCCCCC)c(F)c4F)c(OC(=O)c4c(F)c(F)c(OCCCCCC)c(F)c4F)cc32)c(F)c1F. The fourth-order valence-corrected chi connectivity index (χ4v) is 14.2. The van der Waals surface area contributed by atoms with E-state index in [2.05, 4.69) is 0 Å². The first-order valence-electron chi connectivity index (χ1n) is 43.6. The molecule has 0 heterocycles. The highest BCUT2D eigenvalue weighted by Gasteiger charge is 2.43. The predicted molar refractivity (Wildman–Crippen MR) is 444 cm³/mol. The van der Waals surface area contributed by atoms with Gasteiger partial charge in [0.05, 0.1) is 39.6 Å². The molecule has 0 N–H and O–H groups in total. The summed E-state index contributed by atoms with van der Waals surface area (Å²) in [5, 5.41) is -7.87. The van der Waals surface area contributed by atoms with Crippen LogP contribution in [0.15, 0.2) is 36.4 Å². The Bertz CT molecular complexity index is 6140. The molecule has 10 aromatic rings. The van der Waals surface area contributed by atoms with Crippen molar-refractivity contribution in [2.75, 3.05) is 39.6 Å². The summed E-state index contributed by atoms with van der Waals surface area (Å²) in [4.78, 5) is 89.0. The second kappa shape index (κ2) is 48.3. The lowest BCUT2D eigenvalue weighted by Crippen LogP contribution is -2.21. The number of hydrogen-bond donors (Lipinski definition) is 0. The van der Waals surface area contributed by atoms with Gasteiger partial charge in [-0.25, -0.2) is 81.5 Å². The average molecular weight is 1980 g/mol. The Kier molecular flexibility index (Phi) is 37.4. The highest BCUT2D eigenvalue weighted by molar-refractivity contribution is 6.29. The Morgan fingerprint density at radius 2 is 0.384 bits per heavy atom. The van der Waals surface area contributed by atoms with Gasteiger partial charge < -0.3 is 56.8 Å². The van der Waals surface area contributed by atoms with Crippen LogP contribution in [-0.4, -0.2) is 75.5 Å². The summed E-state index contributed by atoms with van der Waals surface area (Å²) < 4.78 is 457. The van der Waals surface area contributed by atoms with Crippen molar-refractivity contribution >= 4 is 68.1 Å². The van der Waals surface area contributed by atoms with Crippen LogP contribution in [0, 0.1) is 140 Å². The molecule has 0 aliphatic heterocycles. The Hall–Kier alpha value is -13.1. The van der Waals surface area contributed by atoms with Crippen LogP contribution in [0.25, 0.3) is 32.3 Å².